The molecule has 118 valence electrons. The third-order valence-corrected chi connectivity index (χ3v) is 4.51. The predicted octanol–water partition coefficient (Wildman–Crippen LogP) is 4.28. The van der Waals surface area contributed by atoms with E-state index in [1.807, 2.05) is 30.3 Å². The molecule has 4 nitrogen and oxygen atoms in total. The Morgan fingerprint density at radius 3 is 2.50 bits per heavy atom. The molecule has 0 bridgehead atoms. The Labute approximate surface area is 132 Å². The van der Waals surface area contributed by atoms with Crippen molar-refractivity contribution < 1.29 is 4.42 Å². The van der Waals surface area contributed by atoms with Crippen molar-refractivity contribution in [3.8, 4) is 11.5 Å². The summed E-state index contributed by atoms with van der Waals surface area (Å²) in [7, 11) is 0. The summed E-state index contributed by atoms with van der Waals surface area (Å²) in [5, 5.41) is 8.45. The molecule has 0 aliphatic heterocycles. The van der Waals surface area contributed by atoms with Gasteiger partial charge in [-0.3, -0.25) is 4.90 Å². The molecule has 1 saturated carbocycles. The summed E-state index contributed by atoms with van der Waals surface area (Å²) in [6.07, 6.45) is 6.64. The van der Waals surface area contributed by atoms with Gasteiger partial charge in [0, 0.05) is 17.6 Å². The maximum atomic E-state index is 5.88. The maximum absolute atomic E-state index is 5.88. The van der Waals surface area contributed by atoms with Crippen LogP contribution in [0.1, 0.15) is 51.8 Å². The van der Waals surface area contributed by atoms with Gasteiger partial charge in [-0.2, -0.15) is 0 Å². The Balaban J connectivity index is 1.72. The molecule has 1 heterocycles. The lowest BCUT2D eigenvalue weighted by Crippen LogP contribution is -2.41. The van der Waals surface area contributed by atoms with Crippen LogP contribution in [-0.4, -0.2) is 27.2 Å². The van der Waals surface area contributed by atoms with Crippen LogP contribution in [0.25, 0.3) is 11.5 Å². The largest absolute Gasteiger partial charge is 0.419 e. The van der Waals surface area contributed by atoms with Crippen LogP contribution in [0.2, 0.25) is 0 Å². The van der Waals surface area contributed by atoms with Gasteiger partial charge in [-0.1, -0.05) is 37.5 Å². The first-order valence-corrected chi connectivity index (χ1v) is 8.37. The van der Waals surface area contributed by atoms with Crippen molar-refractivity contribution in [1.82, 2.24) is 15.1 Å². The van der Waals surface area contributed by atoms with Crippen molar-refractivity contribution >= 4 is 0 Å². The van der Waals surface area contributed by atoms with Crippen LogP contribution in [-0.2, 0) is 6.54 Å². The van der Waals surface area contributed by atoms with Gasteiger partial charge in [0.1, 0.15) is 0 Å². The molecule has 1 fully saturated rings. The normalized spacial score (nSPS) is 16.5. The molecular weight excluding hydrogens is 274 g/mol. The molecule has 1 aromatic carbocycles. The molecular formula is C18H25N3O. The van der Waals surface area contributed by atoms with E-state index in [0.29, 0.717) is 18.0 Å². The van der Waals surface area contributed by atoms with E-state index in [2.05, 4.69) is 28.9 Å². The lowest BCUT2D eigenvalue weighted by Gasteiger charge is -2.36. The zero-order valence-electron chi connectivity index (χ0n) is 13.5. The van der Waals surface area contributed by atoms with E-state index in [9.17, 15) is 0 Å². The van der Waals surface area contributed by atoms with E-state index in [1.54, 1.807) is 0 Å². The summed E-state index contributed by atoms with van der Waals surface area (Å²) < 4.78 is 5.88. The highest BCUT2D eigenvalue weighted by atomic mass is 16.4. The highest BCUT2D eigenvalue weighted by molar-refractivity contribution is 5.51. The van der Waals surface area contributed by atoms with Gasteiger partial charge in [-0.05, 0) is 38.8 Å². The summed E-state index contributed by atoms with van der Waals surface area (Å²) in [5.41, 5.74) is 0.981. The van der Waals surface area contributed by atoms with Crippen LogP contribution < -0.4 is 0 Å². The van der Waals surface area contributed by atoms with Crippen molar-refractivity contribution in [2.75, 3.05) is 0 Å². The van der Waals surface area contributed by atoms with Crippen LogP contribution in [0.5, 0.6) is 0 Å². The van der Waals surface area contributed by atoms with Crippen molar-refractivity contribution in [1.29, 1.82) is 0 Å². The Hall–Kier alpha value is -1.68. The number of hydrogen-bond acceptors (Lipinski definition) is 4. The predicted molar refractivity (Wildman–Crippen MR) is 87.3 cm³/mol. The smallest absolute Gasteiger partial charge is 0.247 e. The molecule has 4 heteroatoms. The standard InChI is InChI=1S/C18H25N3O/c1-14(2)21(16-11-7-4-8-12-16)13-17-19-20-18(22-17)15-9-5-3-6-10-15/h3,5-6,9-10,14,16H,4,7-8,11-13H2,1-2H3. The van der Waals surface area contributed by atoms with Gasteiger partial charge in [-0.25, -0.2) is 0 Å². The SMILES string of the molecule is CC(C)N(Cc1nnc(-c2ccccc2)o1)C1CCCCC1. The van der Waals surface area contributed by atoms with Crippen molar-refractivity contribution in [3.63, 3.8) is 0 Å². The van der Waals surface area contributed by atoms with Crippen LogP contribution in [0.3, 0.4) is 0 Å². The second-order valence-electron chi connectivity index (χ2n) is 6.42. The first-order chi connectivity index (χ1) is 10.7. The molecule has 0 N–H and O–H groups in total. The molecule has 1 aromatic heterocycles. The summed E-state index contributed by atoms with van der Waals surface area (Å²) in [5.74, 6) is 1.33. The Morgan fingerprint density at radius 2 is 1.82 bits per heavy atom. The average Bonchev–Trinajstić information content (AvgIpc) is 3.03. The van der Waals surface area contributed by atoms with Gasteiger partial charge in [0.05, 0.1) is 6.54 Å². The average molecular weight is 299 g/mol. The van der Waals surface area contributed by atoms with Gasteiger partial charge in [-0.15, -0.1) is 10.2 Å². The topological polar surface area (TPSA) is 42.2 Å². The Bertz CT molecular complexity index is 573. The molecule has 0 amide bonds. The molecule has 2 aromatic rings. The van der Waals surface area contributed by atoms with E-state index in [1.165, 1.54) is 32.1 Å². The first kappa shape index (κ1) is 15.2. The lowest BCUT2D eigenvalue weighted by atomic mass is 9.93. The molecule has 0 atom stereocenters. The fourth-order valence-corrected chi connectivity index (χ4v) is 3.32. The van der Waals surface area contributed by atoms with Gasteiger partial charge >= 0.3 is 0 Å². The fourth-order valence-electron chi connectivity index (χ4n) is 3.32. The van der Waals surface area contributed by atoms with Crippen molar-refractivity contribution in [2.45, 2.75) is 64.6 Å². The van der Waals surface area contributed by atoms with E-state index >= 15 is 0 Å². The number of aromatic nitrogens is 2. The zero-order chi connectivity index (χ0) is 15.4. The molecule has 1 aliphatic rings. The quantitative estimate of drug-likeness (QED) is 0.826. The summed E-state index contributed by atoms with van der Waals surface area (Å²) in [4.78, 5) is 2.52. The van der Waals surface area contributed by atoms with Crippen LogP contribution >= 0.6 is 0 Å². The van der Waals surface area contributed by atoms with E-state index in [0.717, 1.165) is 18.0 Å². The van der Waals surface area contributed by atoms with E-state index < -0.39 is 0 Å². The number of rotatable bonds is 5. The molecule has 1 aliphatic carbocycles. The van der Waals surface area contributed by atoms with Gasteiger partial charge < -0.3 is 4.42 Å². The van der Waals surface area contributed by atoms with Crippen LogP contribution in [0.15, 0.2) is 34.7 Å². The van der Waals surface area contributed by atoms with E-state index in [4.69, 9.17) is 4.42 Å². The second-order valence-corrected chi connectivity index (χ2v) is 6.42. The first-order valence-electron chi connectivity index (χ1n) is 8.37. The third-order valence-electron chi connectivity index (χ3n) is 4.51. The molecule has 3 rings (SSSR count). The second kappa shape index (κ2) is 7.05. The number of nitrogens with zero attached hydrogens (tertiary/aromatic N) is 3. The molecule has 0 spiro atoms. The fraction of sp³-hybridized carbons (Fsp3) is 0.556. The Morgan fingerprint density at radius 1 is 1.09 bits per heavy atom. The van der Waals surface area contributed by atoms with Crippen molar-refractivity contribution in [3.05, 3.63) is 36.2 Å². The summed E-state index contributed by atoms with van der Waals surface area (Å²) in [6, 6.07) is 11.1. The van der Waals surface area contributed by atoms with Gasteiger partial charge in [0.25, 0.3) is 0 Å². The molecule has 0 saturated heterocycles. The zero-order valence-corrected chi connectivity index (χ0v) is 13.5. The highest BCUT2D eigenvalue weighted by Gasteiger charge is 2.25. The van der Waals surface area contributed by atoms with Gasteiger partial charge in [0.2, 0.25) is 11.8 Å². The number of benzene rings is 1. The lowest BCUT2D eigenvalue weighted by molar-refractivity contribution is 0.101. The summed E-state index contributed by atoms with van der Waals surface area (Å²) in [6.45, 7) is 5.26. The molecule has 0 radical (unpaired) electrons. The van der Waals surface area contributed by atoms with Crippen LogP contribution in [0, 0.1) is 0 Å². The van der Waals surface area contributed by atoms with Gasteiger partial charge in [0.15, 0.2) is 0 Å². The highest BCUT2D eigenvalue weighted by Crippen LogP contribution is 2.26. The monoisotopic (exact) mass is 299 g/mol. The molecule has 22 heavy (non-hydrogen) atoms. The van der Waals surface area contributed by atoms with Crippen LogP contribution in [0.4, 0.5) is 0 Å². The number of hydrogen-bond donors (Lipinski definition) is 0. The molecule has 0 unspecified atom stereocenters. The third kappa shape index (κ3) is 3.55. The van der Waals surface area contributed by atoms with E-state index in [-0.39, 0.29) is 0 Å². The minimum Gasteiger partial charge on any atom is -0.419 e. The maximum Gasteiger partial charge on any atom is 0.247 e. The minimum atomic E-state index is 0.496. The summed E-state index contributed by atoms with van der Waals surface area (Å²) >= 11 is 0. The van der Waals surface area contributed by atoms with Crippen molar-refractivity contribution in [2.24, 2.45) is 0 Å². The Kier molecular flexibility index (Phi) is 4.88. The minimum absolute atomic E-state index is 0.496.